The Morgan fingerprint density at radius 2 is 1.61 bits per heavy atom. The first-order valence-corrected chi connectivity index (χ1v) is 10.0. The number of aromatic amines is 1. The Hall–Kier alpha value is -2.46. The Bertz CT molecular complexity index is 997. The van der Waals surface area contributed by atoms with Gasteiger partial charge >= 0.3 is 0 Å². The Morgan fingerprint density at radius 3 is 2.21 bits per heavy atom. The van der Waals surface area contributed by atoms with Crippen LogP contribution >= 0.6 is 0 Å². The van der Waals surface area contributed by atoms with Gasteiger partial charge < -0.3 is 10.3 Å². The maximum Gasteiger partial charge on any atom is 0.258 e. The van der Waals surface area contributed by atoms with Crippen molar-refractivity contribution >= 4 is 10.9 Å². The summed E-state index contributed by atoms with van der Waals surface area (Å²) in [4.78, 5) is 20.0. The van der Waals surface area contributed by atoms with Gasteiger partial charge in [0.1, 0.15) is 5.82 Å². The molecular weight excluding hydrogens is 346 g/mol. The van der Waals surface area contributed by atoms with Crippen LogP contribution in [-0.4, -0.2) is 9.97 Å². The van der Waals surface area contributed by atoms with E-state index in [4.69, 9.17) is 0 Å². The number of fused-ring (bicyclic) bond motifs is 1. The van der Waals surface area contributed by atoms with Crippen LogP contribution in [0.5, 0.6) is 0 Å². The van der Waals surface area contributed by atoms with Crippen LogP contribution in [0, 0.1) is 5.92 Å². The molecule has 0 unspecified atom stereocenters. The lowest BCUT2D eigenvalue weighted by atomic mass is 9.85. The van der Waals surface area contributed by atoms with Crippen molar-refractivity contribution in [1.29, 1.82) is 0 Å². The molecule has 0 spiro atoms. The third-order valence-electron chi connectivity index (χ3n) is 5.27. The Balaban J connectivity index is 1.87. The second-order valence-electron chi connectivity index (χ2n) is 8.95. The summed E-state index contributed by atoms with van der Waals surface area (Å²) >= 11 is 0. The zero-order valence-corrected chi connectivity index (χ0v) is 17.7. The standard InChI is InChI=1S/C24H31N3O/c1-15(2)21(17-11-13-18(14-12-17)24(4,5)6)25-16(3)22-26-20-10-8-7-9-19(20)23(28)27-22/h7-16,21,25H,1-6H3,(H,26,27,28)/t16-,21+/m0/s1. The van der Waals surface area contributed by atoms with E-state index in [1.807, 2.05) is 25.1 Å². The second kappa shape index (κ2) is 7.88. The predicted octanol–water partition coefficient (Wildman–Crippen LogP) is 5.27. The first-order valence-electron chi connectivity index (χ1n) is 10.0. The van der Waals surface area contributed by atoms with Crippen LogP contribution in [0.15, 0.2) is 53.3 Å². The van der Waals surface area contributed by atoms with Crippen LogP contribution in [0.2, 0.25) is 0 Å². The largest absolute Gasteiger partial charge is 0.309 e. The maximum atomic E-state index is 12.4. The summed E-state index contributed by atoms with van der Waals surface area (Å²) in [7, 11) is 0. The fourth-order valence-corrected chi connectivity index (χ4v) is 3.52. The van der Waals surface area contributed by atoms with Crippen LogP contribution in [0.3, 0.4) is 0 Å². The molecule has 28 heavy (non-hydrogen) atoms. The number of hydrogen-bond acceptors (Lipinski definition) is 3. The molecule has 0 fully saturated rings. The smallest absolute Gasteiger partial charge is 0.258 e. The molecule has 4 heteroatoms. The van der Waals surface area contributed by atoms with E-state index in [2.05, 4.69) is 74.2 Å². The minimum absolute atomic E-state index is 0.0769. The number of benzene rings is 2. The van der Waals surface area contributed by atoms with Crippen LogP contribution in [0.1, 0.15) is 70.6 Å². The van der Waals surface area contributed by atoms with Gasteiger partial charge in [-0.05, 0) is 41.5 Å². The molecule has 0 aliphatic rings. The van der Waals surface area contributed by atoms with Gasteiger partial charge in [-0.25, -0.2) is 4.98 Å². The zero-order valence-electron chi connectivity index (χ0n) is 17.7. The van der Waals surface area contributed by atoms with Gasteiger partial charge in [-0.2, -0.15) is 0 Å². The van der Waals surface area contributed by atoms with E-state index in [9.17, 15) is 4.79 Å². The summed E-state index contributed by atoms with van der Waals surface area (Å²) < 4.78 is 0. The number of H-pyrrole nitrogens is 1. The van der Waals surface area contributed by atoms with Gasteiger partial charge in [-0.15, -0.1) is 0 Å². The van der Waals surface area contributed by atoms with Gasteiger partial charge in [0.25, 0.3) is 5.56 Å². The average Bonchev–Trinajstić information content (AvgIpc) is 2.65. The summed E-state index contributed by atoms with van der Waals surface area (Å²) in [5, 5.41) is 4.29. The van der Waals surface area contributed by atoms with E-state index >= 15 is 0 Å². The lowest BCUT2D eigenvalue weighted by molar-refractivity contribution is 0.367. The van der Waals surface area contributed by atoms with Crippen molar-refractivity contribution < 1.29 is 0 Å². The topological polar surface area (TPSA) is 57.8 Å². The van der Waals surface area contributed by atoms with Crippen LogP contribution in [0.4, 0.5) is 0 Å². The summed E-state index contributed by atoms with van der Waals surface area (Å²) in [6, 6.07) is 16.4. The molecule has 1 heterocycles. The number of nitrogens with zero attached hydrogens (tertiary/aromatic N) is 1. The van der Waals surface area contributed by atoms with Gasteiger partial charge in [0.15, 0.2) is 0 Å². The number of nitrogens with one attached hydrogen (secondary N) is 2. The minimum Gasteiger partial charge on any atom is -0.309 e. The average molecular weight is 378 g/mol. The van der Waals surface area contributed by atoms with Crippen LogP contribution < -0.4 is 10.9 Å². The number of hydrogen-bond donors (Lipinski definition) is 2. The van der Waals surface area contributed by atoms with E-state index in [1.165, 1.54) is 11.1 Å². The number of para-hydroxylation sites is 1. The van der Waals surface area contributed by atoms with Crippen LogP contribution in [0.25, 0.3) is 10.9 Å². The SMILES string of the molecule is CC(C)[C@@H](N[C@@H](C)c1nc2ccccc2c(=O)[nH]1)c1ccc(C(C)(C)C)cc1. The fraction of sp³-hybridized carbons (Fsp3) is 0.417. The molecule has 0 amide bonds. The molecule has 2 aromatic carbocycles. The van der Waals surface area contributed by atoms with E-state index in [0.717, 1.165) is 5.52 Å². The highest BCUT2D eigenvalue weighted by Gasteiger charge is 2.21. The first kappa shape index (κ1) is 20.3. The highest BCUT2D eigenvalue weighted by Crippen LogP contribution is 2.28. The van der Waals surface area contributed by atoms with Gasteiger partial charge in [-0.3, -0.25) is 4.79 Å². The lowest BCUT2D eigenvalue weighted by Gasteiger charge is -2.27. The molecule has 148 valence electrons. The van der Waals surface area contributed by atoms with Crippen molar-refractivity contribution in [2.24, 2.45) is 5.92 Å². The molecule has 1 aromatic heterocycles. The van der Waals surface area contributed by atoms with Crippen molar-refractivity contribution in [2.45, 2.75) is 59.0 Å². The van der Waals surface area contributed by atoms with Crippen molar-refractivity contribution in [3.05, 3.63) is 75.8 Å². The molecule has 4 nitrogen and oxygen atoms in total. The van der Waals surface area contributed by atoms with Crippen molar-refractivity contribution in [1.82, 2.24) is 15.3 Å². The molecule has 2 atom stereocenters. The normalized spacial score (nSPS) is 14.4. The van der Waals surface area contributed by atoms with Gasteiger partial charge in [0.2, 0.25) is 0 Å². The molecular formula is C24H31N3O. The third kappa shape index (κ3) is 4.33. The maximum absolute atomic E-state index is 12.4. The Morgan fingerprint density at radius 1 is 0.964 bits per heavy atom. The highest BCUT2D eigenvalue weighted by molar-refractivity contribution is 5.77. The molecule has 0 radical (unpaired) electrons. The van der Waals surface area contributed by atoms with E-state index in [0.29, 0.717) is 17.1 Å². The number of aromatic nitrogens is 2. The van der Waals surface area contributed by atoms with E-state index in [-0.39, 0.29) is 23.1 Å². The summed E-state index contributed by atoms with van der Waals surface area (Å²) in [6.07, 6.45) is 0. The zero-order chi connectivity index (χ0) is 20.5. The summed E-state index contributed by atoms with van der Waals surface area (Å²) in [5.74, 6) is 1.07. The summed E-state index contributed by atoms with van der Waals surface area (Å²) in [6.45, 7) is 13.1. The third-order valence-corrected chi connectivity index (χ3v) is 5.27. The highest BCUT2D eigenvalue weighted by atomic mass is 16.1. The summed E-state index contributed by atoms with van der Waals surface area (Å²) in [5.41, 5.74) is 3.35. The second-order valence-corrected chi connectivity index (χ2v) is 8.95. The molecule has 2 N–H and O–H groups in total. The van der Waals surface area contributed by atoms with Crippen molar-refractivity contribution in [3.63, 3.8) is 0 Å². The van der Waals surface area contributed by atoms with Crippen LogP contribution in [-0.2, 0) is 5.41 Å². The Labute approximate surface area is 167 Å². The van der Waals surface area contributed by atoms with E-state index < -0.39 is 0 Å². The first-order chi connectivity index (χ1) is 13.2. The quantitative estimate of drug-likeness (QED) is 0.637. The molecule has 3 rings (SSSR count). The fourth-order valence-electron chi connectivity index (χ4n) is 3.52. The number of rotatable bonds is 5. The van der Waals surface area contributed by atoms with Crippen molar-refractivity contribution in [2.75, 3.05) is 0 Å². The molecule has 0 bridgehead atoms. The molecule has 0 saturated carbocycles. The molecule has 3 aromatic rings. The van der Waals surface area contributed by atoms with Gasteiger partial charge in [-0.1, -0.05) is 71.0 Å². The molecule has 0 aliphatic carbocycles. The lowest BCUT2D eigenvalue weighted by Crippen LogP contribution is -2.30. The predicted molar refractivity (Wildman–Crippen MR) is 117 cm³/mol. The molecule has 0 saturated heterocycles. The molecule has 0 aliphatic heterocycles. The van der Waals surface area contributed by atoms with Crippen molar-refractivity contribution in [3.8, 4) is 0 Å². The monoisotopic (exact) mass is 377 g/mol. The minimum atomic E-state index is -0.0927. The Kier molecular flexibility index (Phi) is 5.71. The van der Waals surface area contributed by atoms with Gasteiger partial charge in [0, 0.05) is 6.04 Å². The van der Waals surface area contributed by atoms with Gasteiger partial charge in [0.05, 0.1) is 16.9 Å². The van der Waals surface area contributed by atoms with E-state index in [1.54, 1.807) is 6.07 Å².